The molecule has 0 aliphatic heterocycles. The Morgan fingerprint density at radius 3 is 2.96 bits per heavy atom. The minimum atomic E-state index is -4.80. The number of nitrogens with zero attached hydrogens (tertiary/aromatic N) is 1. The van der Waals surface area contributed by atoms with Gasteiger partial charge in [0.2, 0.25) is 0 Å². The van der Waals surface area contributed by atoms with Crippen LogP contribution >= 0.6 is 11.3 Å². The molecule has 2 aromatic rings. The van der Waals surface area contributed by atoms with Crippen LogP contribution in [0.3, 0.4) is 0 Å². The average molecular weight is 357 g/mol. The van der Waals surface area contributed by atoms with Crippen LogP contribution in [0.2, 0.25) is 0 Å². The minimum Gasteiger partial charge on any atom is -0.406 e. The molecule has 1 aromatic heterocycles. The Kier molecular flexibility index (Phi) is 4.46. The monoisotopic (exact) mass is 357 g/mol. The molecule has 128 valence electrons. The van der Waals surface area contributed by atoms with Crippen molar-refractivity contribution in [2.24, 2.45) is 5.73 Å². The number of hydrogen-bond donors (Lipinski definition) is 2. The molecule has 0 unspecified atom stereocenters. The molecule has 5 nitrogen and oxygen atoms in total. The molecular formula is C15H14F3N3O2S. The van der Waals surface area contributed by atoms with E-state index < -0.39 is 18.0 Å². The van der Waals surface area contributed by atoms with Crippen molar-refractivity contribution in [1.29, 1.82) is 0 Å². The van der Waals surface area contributed by atoms with Gasteiger partial charge < -0.3 is 10.5 Å². The van der Waals surface area contributed by atoms with Crippen LogP contribution in [-0.2, 0) is 12.8 Å². The van der Waals surface area contributed by atoms with Crippen LogP contribution in [0.15, 0.2) is 24.3 Å². The molecule has 3 rings (SSSR count). The molecule has 1 heterocycles. The Bertz CT molecular complexity index is 761. The van der Waals surface area contributed by atoms with Crippen LogP contribution < -0.4 is 15.8 Å². The molecule has 0 saturated heterocycles. The van der Waals surface area contributed by atoms with Gasteiger partial charge in [-0.1, -0.05) is 6.07 Å². The number of hydrogen-bond acceptors (Lipinski definition) is 5. The number of nitrogens with two attached hydrogens (primary N) is 1. The fraction of sp³-hybridized carbons (Fsp3) is 0.333. The number of halogens is 3. The summed E-state index contributed by atoms with van der Waals surface area (Å²) in [6.45, 7) is 0. The highest BCUT2D eigenvalue weighted by Crippen LogP contribution is 2.30. The zero-order valence-corrected chi connectivity index (χ0v) is 13.2. The molecule has 0 radical (unpaired) electrons. The highest BCUT2D eigenvalue weighted by Gasteiger charge is 2.31. The normalized spacial score (nSPS) is 17.2. The SMILES string of the molecule is N[C@H]1CCc2nc(NC(=O)c3cccc(OC(F)(F)F)c3)sc2C1. The number of aryl methyl sites for hydroxylation is 1. The molecule has 24 heavy (non-hydrogen) atoms. The van der Waals surface area contributed by atoms with E-state index in [2.05, 4.69) is 15.0 Å². The van der Waals surface area contributed by atoms with Gasteiger partial charge in [0.25, 0.3) is 5.91 Å². The summed E-state index contributed by atoms with van der Waals surface area (Å²) in [6.07, 6.45) is -2.47. The fourth-order valence-electron chi connectivity index (χ4n) is 2.46. The van der Waals surface area contributed by atoms with Crippen LogP contribution in [0.4, 0.5) is 18.3 Å². The maximum atomic E-state index is 12.2. The molecule has 0 fully saturated rings. The third-order valence-electron chi connectivity index (χ3n) is 3.53. The van der Waals surface area contributed by atoms with E-state index in [1.807, 2.05) is 0 Å². The summed E-state index contributed by atoms with van der Waals surface area (Å²) in [4.78, 5) is 17.6. The van der Waals surface area contributed by atoms with E-state index in [1.165, 1.54) is 23.5 Å². The summed E-state index contributed by atoms with van der Waals surface area (Å²) in [5.41, 5.74) is 6.88. The van der Waals surface area contributed by atoms with Gasteiger partial charge in [-0.15, -0.1) is 24.5 Å². The van der Waals surface area contributed by atoms with Crippen molar-refractivity contribution >= 4 is 22.4 Å². The predicted octanol–water partition coefficient (Wildman–Crippen LogP) is 3.11. The van der Waals surface area contributed by atoms with Crippen molar-refractivity contribution in [3.05, 3.63) is 40.4 Å². The van der Waals surface area contributed by atoms with Crippen LogP contribution in [0.5, 0.6) is 5.75 Å². The van der Waals surface area contributed by atoms with Gasteiger partial charge in [0.05, 0.1) is 5.69 Å². The predicted molar refractivity (Wildman–Crippen MR) is 83.2 cm³/mol. The van der Waals surface area contributed by atoms with Gasteiger partial charge in [-0.2, -0.15) is 0 Å². The van der Waals surface area contributed by atoms with Crippen molar-refractivity contribution in [2.75, 3.05) is 5.32 Å². The number of anilines is 1. The number of fused-ring (bicyclic) bond motifs is 1. The Balaban J connectivity index is 1.72. The zero-order chi connectivity index (χ0) is 17.3. The van der Waals surface area contributed by atoms with E-state index in [-0.39, 0.29) is 11.6 Å². The number of benzene rings is 1. The lowest BCUT2D eigenvalue weighted by atomic mass is 9.99. The quantitative estimate of drug-likeness (QED) is 0.885. The highest BCUT2D eigenvalue weighted by molar-refractivity contribution is 7.15. The lowest BCUT2D eigenvalue weighted by molar-refractivity contribution is -0.274. The average Bonchev–Trinajstić information content (AvgIpc) is 2.87. The summed E-state index contributed by atoms with van der Waals surface area (Å²) in [7, 11) is 0. The molecule has 1 aliphatic rings. The van der Waals surface area contributed by atoms with E-state index in [0.29, 0.717) is 5.13 Å². The lowest BCUT2D eigenvalue weighted by Gasteiger charge is -2.15. The highest BCUT2D eigenvalue weighted by atomic mass is 32.1. The number of carbonyl (C=O) groups is 1. The summed E-state index contributed by atoms with van der Waals surface area (Å²) >= 11 is 1.34. The summed E-state index contributed by atoms with van der Waals surface area (Å²) in [6, 6.07) is 4.99. The van der Waals surface area contributed by atoms with Gasteiger partial charge >= 0.3 is 6.36 Å². The number of alkyl halides is 3. The molecule has 1 aromatic carbocycles. The topological polar surface area (TPSA) is 77.2 Å². The van der Waals surface area contributed by atoms with Crippen LogP contribution in [0.25, 0.3) is 0 Å². The number of aromatic nitrogens is 1. The smallest absolute Gasteiger partial charge is 0.406 e. The van der Waals surface area contributed by atoms with Gasteiger partial charge in [-0.05, 0) is 37.5 Å². The number of rotatable bonds is 3. The minimum absolute atomic E-state index is 0.0571. The third-order valence-corrected chi connectivity index (χ3v) is 4.56. The molecule has 0 saturated carbocycles. The van der Waals surface area contributed by atoms with Crippen LogP contribution in [0, 0.1) is 0 Å². The van der Waals surface area contributed by atoms with Crippen LogP contribution in [0.1, 0.15) is 27.3 Å². The number of nitrogens with one attached hydrogen (secondary N) is 1. The maximum Gasteiger partial charge on any atom is 0.573 e. The number of carbonyl (C=O) groups excluding carboxylic acids is 1. The second-order valence-corrected chi connectivity index (χ2v) is 6.51. The van der Waals surface area contributed by atoms with Gasteiger partial charge in [-0.25, -0.2) is 4.98 Å². The van der Waals surface area contributed by atoms with Gasteiger partial charge in [0.1, 0.15) is 5.75 Å². The second kappa shape index (κ2) is 6.40. The Morgan fingerprint density at radius 1 is 1.42 bits per heavy atom. The first-order valence-corrected chi connectivity index (χ1v) is 8.03. The van der Waals surface area contributed by atoms with Gasteiger partial charge in [0, 0.05) is 16.5 Å². The number of thiazole rings is 1. The standard InChI is InChI=1S/C15H14F3N3O2S/c16-15(17,18)23-10-3-1-2-8(6-10)13(22)21-14-20-11-5-4-9(19)7-12(11)24-14/h1-3,6,9H,4-5,7,19H2,(H,20,21,22)/t9-/m0/s1. The van der Waals surface area contributed by atoms with Crippen molar-refractivity contribution in [3.63, 3.8) is 0 Å². The molecule has 0 bridgehead atoms. The molecule has 1 amide bonds. The van der Waals surface area contributed by atoms with E-state index in [9.17, 15) is 18.0 Å². The number of ether oxygens (including phenoxy) is 1. The van der Waals surface area contributed by atoms with Crippen molar-refractivity contribution in [2.45, 2.75) is 31.7 Å². The van der Waals surface area contributed by atoms with Gasteiger partial charge in [0.15, 0.2) is 5.13 Å². The third kappa shape index (κ3) is 4.04. The van der Waals surface area contributed by atoms with Crippen molar-refractivity contribution < 1.29 is 22.7 Å². The zero-order valence-electron chi connectivity index (χ0n) is 12.4. The van der Waals surface area contributed by atoms with E-state index in [4.69, 9.17) is 5.73 Å². The Labute approximate surface area is 139 Å². The molecule has 1 aliphatic carbocycles. The molecule has 9 heteroatoms. The van der Waals surface area contributed by atoms with Crippen molar-refractivity contribution in [1.82, 2.24) is 4.98 Å². The van der Waals surface area contributed by atoms with E-state index in [1.54, 1.807) is 0 Å². The van der Waals surface area contributed by atoms with Crippen molar-refractivity contribution in [3.8, 4) is 5.75 Å². The first kappa shape index (κ1) is 16.7. The maximum absolute atomic E-state index is 12.2. The summed E-state index contributed by atoms with van der Waals surface area (Å²) in [5, 5.41) is 3.03. The Morgan fingerprint density at radius 2 is 2.21 bits per heavy atom. The first-order valence-electron chi connectivity index (χ1n) is 7.21. The second-order valence-electron chi connectivity index (χ2n) is 5.42. The van der Waals surface area contributed by atoms with Crippen LogP contribution in [-0.4, -0.2) is 23.3 Å². The molecule has 1 atom stereocenters. The molecular weight excluding hydrogens is 343 g/mol. The largest absolute Gasteiger partial charge is 0.573 e. The van der Waals surface area contributed by atoms with E-state index >= 15 is 0 Å². The fourth-order valence-corrected chi connectivity index (χ4v) is 3.55. The summed E-state index contributed by atoms with van der Waals surface area (Å²) in [5.74, 6) is -0.988. The summed E-state index contributed by atoms with van der Waals surface area (Å²) < 4.78 is 40.5. The number of amides is 1. The molecule has 3 N–H and O–H groups in total. The molecule has 0 spiro atoms. The Hall–Kier alpha value is -2.13. The van der Waals surface area contributed by atoms with Gasteiger partial charge in [-0.3, -0.25) is 10.1 Å². The first-order chi connectivity index (χ1) is 11.3. The van der Waals surface area contributed by atoms with E-state index in [0.717, 1.165) is 42.0 Å². The lowest BCUT2D eigenvalue weighted by Crippen LogP contribution is -2.27.